The number of benzene rings is 1. The quantitative estimate of drug-likeness (QED) is 0.783. The Labute approximate surface area is 140 Å². The van der Waals surface area contributed by atoms with E-state index in [-0.39, 0.29) is 11.9 Å². The maximum absolute atomic E-state index is 12.4. The van der Waals surface area contributed by atoms with Crippen molar-refractivity contribution >= 4 is 11.6 Å². The van der Waals surface area contributed by atoms with Crippen LogP contribution in [0.2, 0.25) is 0 Å². The molecule has 0 aliphatic carbocycles. The van der Waals surface area contributed by atoms with Crippen molar-refractivity contribution < 1.29 is 9.53 Å². The van der Waals surface area contributed by atoms with Gasteiger partial charge in [0, 0.05) is 17.8 Å². The highest BCUT2D eigenvalue weighted by Gasteiger charge is 2.17. The van der Waals surface area contributed by atoms with Crippen LogP contribution in [0.1, 0.15) is 30.6 Å². The zero-order chi connectivity index (χ0) is 17.1. The third-order valence-electron chi connectivity index (χ3n) is 4.00. The molecule has 1 aromatic carbocycles. The van der Waals surface area contributed by atoms with Crippen LogP contribution in [-0.4, -0.2) is 33.7 Å². The van der Waals surface area contributed by atoms with Crippen molar-refractivity contribution in [2.75, 3.05) is 7.11 Å². The van der Waals surface area contributed by atoms with Crippen molar-refractivity contribution in [3.63, 3.8) is 0 Å². The first-order valence-corrected chi connectivity index (χ1v) is 7.92. The lowest BCUT2D eigenvalue weighted by atomic mass is 10.1. The molecule has 2 heterocycles. The van der Waals surface area contributed by atoms with Crippen molar-refractivity contribution in [3.8, 4) is 17.0 Å². The second-order valence-electron chi connectivity index (χ2n) is 5.64. The highest BCUT2D eigenvalue weighted by Crippen LogP contribution is 2.24. The van der Waals surface area contributed by atoms with Crippen LogP contribution in [0.3, 0.4) is 0 Å². The zero-order valence-corrected chi connectivity index (χ0v) is 14.0. The molecule has 24 heavy (non-hydrogen) atoms. The molecule has 0 saturated heterocycles. The maximum atomic E-state index is 12.4. The molecule has 2 aromatic heterocycles. The number of carbonyl (C=O) groups is 1. The van der Waals surface area contributed by atoms with Crippen molar-refractivity contribution in [1.82, 2.24) is 19.9 Å². The Hall–Kier alpha value is -2.89. The van der Waals surface area contributed by atoms with Gasteiger partial charge in [-0.05, 0) is 31.5 Å². The summed E-state index contributed by atoms with van der Waals surface area (Å²) in [5, 5.41) is 7.31. The van der Waals surface area contributed by atoms with Gasteiger partial charge in [-0.25, -0.2) is 9.50 Å². The van der Waals surface area contributed by atoms with Crippen molar-refractivity contribution in [3.05, 3.63) is 48.3 Å². The fraction of sp³-hybridized carbons (Fsp3) is 0.278. The van der Waals surface area contributed by atoms with E-state index in [9.17, 15) is 4.79 Å². The van der Waals surface area contributed by atoms with Crippen molar-refractivity contribution in [1.29, 1.82) is 0 Å². The Morgan fingerprint density at radius 1 is 1.38 bits per heavy atom. The topological polar surface area (TPSA) is 68.5 Å². The molecule has 0 aliphatic rings. The van der Waals surface area contributed by atoms with Gasteiger partial charge in [0.05, 0.1) is 19.0 Å². The summed E-state index contributed by atoms with van der Waals surface area (Å²) >= 11 is 0. The summed E-state index contributed by atoms with van der Waals surface area (Å²) in [6.45, 7) is 4.00. The lowest BCUT2D eigenvalue weighted by Gasteiger charge is -2.10. The van der Waals surface area contributed by atoms with Crippen molar-refractivity contribution in [2.24, 2.45) is 0 Å². The number of methoxy groups -OCH3 is 1. The Kier molecular flexibility index (Phi) is 4.46. The molecule has 6 heteroatoms. The molecule has 0 spiro atoms. The molecule has 0 aliphatic heterocycles. The average molecular weight is 324 g/mol. The minimum absolute atomic E-state index is 0.106. The summed E-state index contributed by atoms with van der Waals surface area (Å²) < 4.78 is 6.96. The molecule has 1 unspecified atom stereocenters. The summed E-state index contributed by atoms with van der Waals surface area (Å²) in [5.41, 5.74) is 2.80. The highest BCUT2D eigenvalue weighted by molar-refractivity contribution is 6.00. The van der Waals surface area contributed by atoms with Gasteiger partial charge in [0.15, 0.2) is 5.65 Å². The first kappa shape index (κ1) is 16.0. The van der Waals surface area contributed by atoms with E-state index in [1.807, 2.05) is 44.2 Å². The van der Waals surface area contributed by atoms with Crippen LogP contribution in [-0.2, 0) is 0 Å². The first-order valence-electron chi connectivity index (χ1n) is 7.92. The van der Waals surface area contributed by atoms with E-state index in [1.165, 1.54) is 0 Å². The predicted octanol–water partition coefficient (Wildman–Crippen LogP) is 2.93. The van der Waals surface area contributed by atoms with E-state index in [0.29, 0.717) is 11.2 Å². The molecular formula is C18H20N4O2. The number of fused-ring (bicyclic) bond motifs is 1. The van der Waals surface area contributed by atoms with Crippen LogP contribution >= 0.6 is 0 Å². The Morgan fingerprint density at radius 3 is 2.96 bits per heavy atom. The lowest BCUT2D eigenvalue weighted by molar-refractivity contribution is 0.0940. The molecule has 0 fully saturated rings. The standard InChI is InChI=1S/C18H20N4O2/c1-4-12(2)21-18(23)15-11-20-22-16(8-9-19-17(15)22)13-6-5-7-14(10-13)24-3/h5-12H,4H2,1-3H3,(H,21,23). The van der Waals surface area contributed by atoms with Crippen LogP contribution in [0.5, 0.6) is 5.75 Å². The Bertz CT molecular complexity index is 872. The lowest BCUT2D eigenvalue weighted by Crippen LogP contribution is -2.31. The smallest absolute Gasteiger partial charge is 0.256 e. The fourth-order valence-corrected chi connectivity index (χ4v) is 2.46. The predicted molar refractivity (Wildman–Crippen MR) is 92.2 cm³/mol. The van der Waals surface area contributed by atoms with E-state index >= 15 is 0 Å². The molecule has 3 aromatic rings. The summed E-state index contributed by atoms with van der Waals surface area (Å²) in [4.78, 5) is 16.7. The number of ether oxygens (including phenoxy) is 1. The van der Waals surface area contributed by atoms with Gasteiger partial charge in [-0.15, -0.1) is 0 Å². The molecule has 1 N–H and O–H groups in total. The first-order chi connectivity index (χ1) is 11.6. The van der Waals surface area contributed by atoms with Crippen LogP contribution in [0.4, 0.5) is 0 Å². The number of nitrogens with zero attached hydrogens (tertiary/aromatic N) is 3. The third kappa shape index (κ3) is 2.95. The molecule has 0 saturated carbocycles. The number of hydrogen-bond acceptors (Lipinski definition) is 4. The molecule has 6 nitrogen and oxygen atoms in total. The van der Waals surface area contributed by atoms with E-state index in [1.54, 1.807) is 24.0 Å². The maximum Gasteiger partial charge on any atom is 0.256 e. The second kappa shape index (κ2) is 6.70. The second-order valence-corrected chi connectivity index (χ2v) is 5.64. The van der Waals surface area contributed by atoms with Gasteiger partial charge in [-0.2, -0.15) is 5.10 Å². The van der Waals surface area contributed by atoms with Crippen LogP contribution in [0, 0.1) is 0 Å². The number of rotatable bonds is 5. The van der Waals surface area contributed by atoms with E-state index < -0.39 is 0 Å². The van der Waals surface area contributed by atoms with Crippen LogP contribution in [0.15, 0.2) is 42.7 Å². The van der Waals surface area contributed by atoms with Gasteiger partial charge in [-0.3, -0.25) is 4.79 Å². The van der Waals surface area contributed by atoms with Gasteiger partial charge >= 0.3 is 0 Å². The molecule has 0 bridgehead atoms. The van der Waals surface area contributed by atoms with Crippen LogP contribution in [0.25, 0.3) is 16.9 Å². The van der Waals surface area contributed by atoms with Gasteiger partial charge in [0.2, 0.25) is 0 Å². The number of amides is 1. The van der Waals surface area contributed by atoms with Gasteiger partial charge < -0.3 is 10.1 Å². The number of hydrogen-bond donors (Lipinski definition) is 1. The minimum Gasteiger partial charge on any atom is -0.497 e. The van der Waals surface area contributed by atoms with E-state index in [0.717, 1.165) is 23.4 Å². The van der Waals surface area contributed by atoms with Crippen LogP contribution < -0.4 is 10.1 Å². The largest absolute Gasteiger partial charge is 0.497 e. The summed E-state index contributed by atoms with van der Waals surface area (Å²) in [5.74, 6) is 0.606. The summed E-state index contributed by atoms with van der Waals surface area (Å²) in [6.07, 6.45) is 4.11. The normalized spacial score (nSPS) is 12.1. The zero-order valence-electron chi connectivity index (χ0n) is 14.0. The SMILES string of the molecule is CCC(C)NC(=O)c1cnn2c(-c3cccc(OC)c3)ccnc12. The molecular weight excluding hydrogens is 304 g/mol. The Morgan fingerprint density at radius 2 is 2.21 bits per heavy atom. The molecule has 3 rings (SSSR count). The Balaban J connectivity index is 2.04. The molecule has 1 atom stereocenters. The number of carbonyl (C=O) groups excluding carboxylic acids is 1. The molecule has 1 amide bonds. The minimum atomic E-state index is -0.158. The molecule has 0 radical (unpaired) electrons. The van der Waals surface area contributed by atoms with Gasteiger partial charge in [-0.1, -0.05) is 19.1 Å². The summed E-state index contributed by atoms with van der Waals surface area (Å²) in [6, 6.07) is 9.67. The molecule has 124 valence electrons. The fourth-order valence-electron chi connectivity index (χ4n) is 2.46. The summed E-state index contributed by atoms with van der Waals surface area (Å²) in [7, 11) is 1.63. The number of nitrogens with one attached hydrogen (secondary N) is 1. The van der Waals surface area contributed by atoms with Gasteiger partial charge in [0.25, 0.3) is 5.91 Å². The number of aromatic nitrogens is 3. The van der Waals surface area contributed by atoms with Crippen molar-refractivity contribution in [2.45, 2.75) is 26.3 Å². The average Bonchev–Trinajstić information content (AvgIpc) is 3.05. The monoisotopic (exact) mass is 324 g/mol. The third-order valence-corrected chi connectivity index (χ3v) is 4.00. The van der Waals surface area contributed by atoms with Gasteiger partial charge in [0.1, 0.15) is 11.3 Å². The van der Waals surface area contributed by atoms with E-state index in [2.05, 4.69) is 15.4 Å². The van der Waals surface area contributed by atoms with E-state index in [4.69, 9.17) is 4.74 Å². The highest BCUT2D eigenvalue weighted by atomic mass is 16.5.